The van der Waals surface area contributed by atoms with E-state index in [1.807, 2.05) is 0 Å². The van der Waals surface area contributed by atoms with Crippen LogP contribution in [0.15, 0.2) is 12.3 Å². The van der Waals surface area contributed by atoms with E-state index in [1.54, 1.807) is 0 Å². The molecule has 6 heteroatoms. The van der Waals surface area contributed by atoms with Gasteiger partial charge >= 0.3 is 5.69 Å². The van der Waals surface area contributed by atoms with E-state index in [4.69, 9.17) is 11.6 Å². The normalized spacial score (nSPS) is 9.42. The van der Waals surface area contributed by atoms with E-state index >= 15 is 0 Å². The van der Waals surface area contributed by atoms with Gasteiger partial charge in [-0.2, -0.15) is 0 Å². The molecule has 0 saturated heterocycles. The molecule has 0 amide bonds. The molecule has 0 aliphatic carbocycles. The molecule has 0 saturated carbocycles. The molecule has 0 N–H and O–H groups in total. The Morgan fingerprint density at radius 3 is 2.75 bits per heavy atom. The lowest BCUT2D eigenvalue weighted by Crippen LogP contribution is -1.93. The SMILES string of the molecule is O=Cc1cc(Cl)c([N+](=O)[O-])cn1. The highest BCUT2D eigenvalue weighted by atomic mass is 35.5. The smallest absolute Gasteiger partial charge is 0.296 e. The predicted molar refractivity (Wildman–Crippen MR) is 41.3 cm³/mol. The van der Waals surface area contributed by atoms with E-state index in [2.05, 4.69) is 4.98 Å². The van der Waals surface area contributed by atoms with Crippen molar-refractivity contribution >= 4 is 23.6 Å². The quantitative estimate of drug-likeness (QED) is 0.398. The Kier molecular flexibility index (Phi) is 2.35. The lowest BCUT2D eigenvalue weighted by atomic mass is 10.3. The molecule has 0 atom stereocenters. The van der Waals surface area contributed by atoms with Crippen LogP contribution in [0.5, 0.6) is 0 Å². The molecular weight excluding hydrogens is 184 g/mol. The van der Waals surface area contributed by atoms with Crippen LogP contribution in [-0.4, -0.2) is 16.2 Å². The van der Waals surface area contributed by atoms with Gasteiger partial charge in [0, 0.05) is 0 Å². The third-order valence-electron chi connectivity index (χ3n) is 1.17. The lowest BCUT2D eigenvalue weighted by Gasteiger charge is -1.93. The number of aldehydes is 1. The van der Waals surface area contributed by atoms with Gasteiger partial charge in [-0.15, -0.1) is 0 Å². The molecule has 1 aromatic heterocycles. The van der Waals surface area contributed by atoms with Crippen molar-refractivity contribution in [1.29, 1.82) is 0 Å². The fourth-order valence-corrected chi connectivity index (χ4v) is 0.867. The molecule has 0 radical (unpaired) electrons. The minimum absolute atomic E-state index is 0.0746. The number of carbonyl (C=O) groups is 1. The molecular formula is C6H3ClN2O3. The number of halogens is 1. The molecule has 0 aliphatic heterocycles. The van der Waals surface area contributed by atoms with Crippen molar-refractivity contribution in [3.8, 4) is 0 Å². The molecule has 0 spiro atoms. The standard InChI is InChI=1S/C6H3ClN2O3/c7-5-1-4(3-10)8-2-6(5)9(11)12/h1-3H. The third-order valence-corrected chi connectivity index (χ3v) is 1.48. The van der Waals surface area contributed by atoms with E-state index in [1.165, 1.54) is 0 Å². The number of hydrogen-bond donors (Lipinski definition) is 0. The van der Waals surface area contributed by atoms with Crippen molar-refractivity contribution in [2.24, 2.45) is 0 Å². The van der Waals surface area contributed by atoms with Crippen LogP contribution < -0.4 is 0 Å². The van der Waals surface area contributed by atoms with E-state index < -0.39 is 4.92 Å². The Morgan fingerprint density at radius 2 is 2.33 bits per heavy atom. The van der Waals surface area contributed by atoms with Gasteiger partial charge in [0.2, 0.25) is 0 Å². The van der Waals surface area contributed by atoms with Gasteiger partial charge in [-0.1, -0.05) is 11.6 Å². The van der Waals surface area contributed by atoms with Crippen molar-refractivity contribution in [2.45, 2.75) is 0 Å². The van der Waals surface area contributed by atoms with Gasteiger partial charge in [-0.3, -0.25) is 14.9 Å². The van der Waals surface area contributed by atoms with Crippen LogP contribution in [-0.2, 0) is 0 Å². The first-order chi connectivity index (χ1) is 5.65. The molecule has 1 rings (SSSR count). The van der Waals surface area contributed by atoms with Gasteiger partial charge in [-0.05, 0) is 6.07 Å². The number of pyridine rings is 1. The number of nitrogens with zero attached hydrogens (tertiary/aromatic N) is 2. The molecule has 0 aromatic carbocycles. The zero-order valence-corrected chi connectivity index (χ0v) is 6.49. The number of nitro groups is 1. The monoisotopic (exact) mass is 186 g/mol. The summed E-state index contributed by atoms with van der Waals surface area (Å²) < 4.78 is 0. The number of hydrogen-bond acceptors (Lipinski definition) is 4. The highest BCUT2D eigenvalue weighted by molar-refractivity contribution is 6.32. The second-order valence-corrected chi connectivity index (χ2v) is 2.34. The Balaban J connectivity index is 3.20. The van der Waals surface area contributed by atoms with Crippen molar-refractivity contribution in [1.82, 2.24) is 4.98 Å². The summed E-state index contributed by atoms with van der Waals surface area (Å²) >= 11 is 5.46. The van der Waals surface area contributed by atoms with Crippen molar-refractivity contribution in [2.75, 3.05) is 0 Å². The first-order valence-corrected chi connectivity index (χ1v) is 3.28. The second-order valence-electron chi connectivity index (χ2n) is 1.94. The summed E-state index contributed by atoms with van der Waals surface area (Å²) in [6.45, 7) is 0. The summed E-state index contributed by atoms with van der Waals surface area (Å²) in [6, 6.07) is 1.15. The van der Waals surface area contributed by atoms with Crippen LogP contribution in [0, 0.1) is 10.1 Å². The van der Waals surface area contributed by atoms with Crippen LogP contribution in [0.4, 0.5) is 5.69 Å². The van der Waals surface area contributed by atoms with Crippen molar-refractivity contribution in [3.05, 3.63) is 33.1 Å². The Hall–Kier alpha value is -1.49. The molecule has 0 fully saturated rings. The van der Waals surface area contributed by atoms with Crippen molar-refractivity contribution in [3.63, 3.8) is 0 Å². The first-order valence-electron chi connectivity index (χ1n) is 2.90. The first kappa shape index (κ1) is 8.61. The maximum Gasteiger partial charge on any atom is 0.306 e. The summed E-state index contributed by atoms with van der Waals surface area (Å²) in [5.74, 6) is 0. The maximum atomic E-state index is 10.2. The lowest BCUT2D eigenvalue weighted by molar-refractivity contribution is -0.385. The van der Waals surface area contributed by atoms with Crippen LogP contribution in [0.1, 0.15) is 10.5 Å². The van der Waals surface area contributed by atoms with Crippen LogP contribution in [0.3, 0.4) is 0 Å². The molecule has 62 valence electrons. The molecule has 0 aliphatic rings. The number of aromatic nitrogens is 1. The van der Waals surface area contributed by atoms with E-state index in [9.17, 15) is 14.9 Å². The summed E-state index contributed by atoms with van der Waals surface area (Å²) in [5, 5.41) is 10.1. The highest BCUT2D eigenvalue weighted by Crippen LogP contribution is 2.22. The van der Waals surface area contributed by atoms with Crippen LogP contribution >= 0.6 is 11.6 Å². The average Bonchev–Trinajstić information content (AvgIpc) is 2.03. The Morgan fingerprint density at radius 1 is 1.67 bits per heavy atom. The average molecular weight is 187 g/mol. The van der Waals surface area contributed by atoms with E-state index in [0.717, 1.165) is 12.3 Å². The molecule has 0 bridgehead atoms. The van der Waals surface area contributed by atoms with Gasteiger partial charge < -0.3 is 0 Å². The minimum Gasteiger partial charge on any atom is -0.296 e. The van der Waals surface area contributed by atoms with Crippen LogP contribution in [0.2, 0.25) is 5.02 Å². The van der Waals surface area contributed by atoms with Gasteiger partial charge in [0.1, 0.15) is 16.9 Å². The van der Waals surface area contributed by atoms with Gasteiger partial charge in [-0.25, -0.2) is 4.98 Å². The van der Waals surface area contributed by atoms with Crippen LogP contribution in [0.25, 0.3) is 0 Å². The van der Waals surface area contributed by atoms with Gasteiger partial charge in [0.05, 0.1) is 4.92 Å². The fourth-order valence-electron chi connectivity index (χ4n) is 0.637. The fraction of sp³-hybridized carbons (Fsp3) is 0. The predicted octanol–water partition coefficient (Wildman–Crippen LogP) is 1.46. The van der Waals surface area contributed by atoms with Crippen molar-refractivity contribution < 1.29 is 9.72 Å². The molecule has 0 unspecified atom stereocenters. The molecule has 12 heavy (non-hydrogen) atoms. The number of carbonyl (C=O) groups excluding carboxylic acids is 1. The molecule has 1 heterocycles. The summed E-state index contributed by atoms with van der Waals surface area (Å²) in [6.07, 6.45) is 1.42. The summed E-state index contributed by atoms with van der Waals surface area (Å²) in [5.41, 5.74) is -0.229. The minimum atomic E-state index is -0.663. The highest BCUT2D eigenvalue weighted by Gasteiger charge is 2.12. The maximum absolute atomic E-state index is 10.2. The van der Waals surface area contributed by atoms with E-state index in [-0.39, 0.29) is 16.4 Å². The largest absolute Gasteiger partial charge is 0.306 e. The number of rotatable bonds is 2. The molecule has 1 aromatic rings. The van der Waals surface area contributed by atoms with Gasteiger partial charge in [0.15, 0.2) is 6.29 Å². The van der Waals surface area contributed by atoms with Gasteiger partial charge in [0.25, 0.3) is 0 Å². The summed E-state index contributed by atoms with van der Waals surface area (Å²) in [7, 11) is 0. The second kappa shape index (κ2) is 3.27. The topological polar surface area (TPSA) is 73.1 Å². The zero-order valence-electron chi connectivity index (χ0n) is 5.73. The Labute approximate surface area is 72.1 Å². The summed E-state index contributed by atoms with van der Waals surface area (Å²) in [4.78, 5) is 23.2. The third kappa shape index (κ3) is 1.57. The Bertz CT molecular complexity index is 340. The van der Waals surface area contributed by atoms with E-state index in [0.29, 0.717) is 6.29 Å². The zero-order chi connectivity index (χ0) is 9.14. The molecule has 5 nitrogen and oxygen atoms in total.